The molecule has 0 aliphatic heterocycles. The number of hydrogen-bond donors (Lipinski definition) is 1. The third kappa shape index (κ3) is 6.03. The van der Waals surface area contributed by atoms with Gasteiger partial charge in [-0.2, -0.15) is 0 Å². The molecule has 0 aromatic carbocycles. The predicted molar refractivity (Wildman–Crippen MR) is 122 cm³/mol. The van der Waals surface area contributed by atoms with E-state index >= 15 is 0 Å². The Bertz CT molecular complexity index is 1110. The minimum absolute atomic E-state index is 0.120. The molecule has 0 atom stereocenters. The van der Waals surface area contributed by atoms with Crippen molar-refractivity contribution in [3.8, 4) is 0 Å². The van der Waals surface area contributed by atoms with Crippen molar-refractivity contribution < 1.29 is 14.6 Å². The van der Waals surface area contributed by atoms with E-state index in [0.29, 0.717) is 37.4 Å². The standard InChI is InChI=1S/C23H36N4O5/c1-14(2)10-27-19-18(20(30)26(8)21(27)31)24-16(17(11-28)25-19)9-22(4,5)12-23(6,7)13-32-15(3)29/h14,28H,9-13H2,1-8H3. The highest BCUT2D eigenvalue weighted by molar-refractivity contribution is 5.69. The zero-order valence-electron chi connectivity index (χ0n) is 20.5. The first-order valence-electron chi connectivity index (χ1n) is 10.9. The molecule has 0 amide bonds. The normalized spacial score (nSPS) is 12.6. The van der Waals surface area contributed by atoms with Crippen LogP contribution in [-0.4, -0.2) is 36.8 Å². The minimum atomic E-state index is -0.503. The van der Waals surface area contributed by atoms with Crippen LogP contribution >= 0.6 is 0 Å². The van der Waals surface area contributed by atoms with Crippen molar-refractivity contribution >= 4 is 17.1 Å². The maximum Gasteiger partial charge on any atom is 0.332 e. The third-order valence-electron chi connectivity index (χ3n) is 5.28. The van der Waals surface area contributed by atoms with E-state index in [1.165, 1.54) is 18.5 Å². The second-order valence-corrected chi connectivity index (χ2v) is 10.6. The number of rotatable bonds is 9. The lowest BCUT2D eigenvalue weighted by molar-refractivity contribution is -0.144. The summed E-state index contributed by atoms with van der Waals surface area (Å²) in [6.07, 6.45) is 1.17. The second-order valence-electron chi connectivity index (χ2n) is 10.6. The average Bonchev–Trinajstić information content (AvgIpc) is 2.66. The van der Waals surface area contributed by atoms with Gasteiger partial charge in [-0.1, -0.05) is 41.5 Å². The molecular formula is C23H36N4O5. The van der Waals surface area contributed by atoms with Crippen LogP contribution in [0, 0.1) is 16.7 Å². The van der Waals surface area contributed by atoms with Gasteiger partial charge >= 0.3 is 11.7 Å². The van der Waals surface area contributed by atoms with Crippen LogP contribution in [0.1, 0.15) is 66.3 Å². The summed E-state index contributed by atoms with van der Waals surface area (Å²) in [4.78, 5) is 45.8. The summed E-state index contributed by atoms with van der Waals surface area (Å²) in [6.45, 7) is 13.8. The van der Waals surface area contributed by atoms with Crippen molar-refractivity contribution in [1.29, 1.82) is 0 Å². The van der Waals surface area contributed by atoms with E-state index in [9.17, 15) is 19.5 Å². The minimum Gasteiger partial charge on any atom is -0.465 e. The van der Waals surface area contributed by atoms with Crippen molar-refractivity contribution in [2.45, 2.75) is 74.5 Å². The van der Waals surface area contributed by atoms with Crippen LogP contribution in [0.25, 0.3) is 11.2 Å². The van der Waals surface area contributed by atoms with E-state index in [2.05, 4.69) is 23.8 Å². The highest BCUT2D eigenvalue weighted by Gasteiger charge is 2.32. The number of carbonyl (C=O) groups excluding carboxylic acids is 1. The van der Waals surface area contributed by atoms with Crippen LogP contribution in [0.2, 0.25) is 0 Å². The molecule has 2 heterocycles. The summed E-state index contributed by atoms with van der Waals surface area (Å²) in [5, 5.41) is 9.99. The number of aliphatic hydroxyl groups is 1. The van der Waals surface area contributed by atoms with Crippen LogP contribution in [0.15, 0.2) is 9.59 Å². The van der Waals surface area contributed by atoms with Crippen LogP contribution in [0.4, 0.5) is 0 Å². The van der Waals surface area contributed by atoms with Crippen LogP contribution < -0.4 is 11.2 Å². The summed E-state index contributed by atoms with van der Waals surface area (Å²) >= 11 is 0. The first-order valence-corrected chi connectivity index (χ1v) is 10.9. The molecule has 2 aromatic rings. The molecule has 2 aromatic heterocycles. The lowest BCUT2D eigenvalue weighted by Crippen LogP contribution is -2.40. The highest BCUT2D eigenvalue weighted by Crippen LogP contribution is 2.36. The van der Waals surface area contributed by atoms with Gasteiger partial charge in [0, 0.05) is 20.5 Å². The van der Waals surface area contributed by atoms with Crippen molar-refractivity contribution in [3.05, 3.63) is 32.2 Å². The van der Waals surface area contributed by atoms with Crippen LogP contribution in [-0.2, 0) is 36.2 Å². The Morgan fingerprint density at radius 1 is 1.09 bits per heavy atom. The summed E-state index contributed by atoms with van der Waals surface area (Å²) in [5.41, 5.74) is -0.303. The van der Waals surface area contributed by atoms with E-state index in [0.717, 1.165) is 4.57 Å². The van der Waals surface area contributed by atoms with Crippen LogP contribution in [0.5, 0.6) is 0 Å². The van der Waals surface area contributed by atoms with Gasteiger partial charge in [0.05, 0.1) is 24.6 Å². The molecule has 0 spiro atoms. The fourth-order valence-corrected chi connectivity index (χ4v) is 4.30. The van der Waals surface area contributed by atoms with Gasteiger partial charge in [-0.05, 0) is 29.6 Å². The van der Waals surface area contributed by atoms with Gasteiger partial charge < -0.3 is 9.84 Å². The van der Waals surface area contributed by atoms with E-state index in [4.69, 9.17) is 4.74 Å². The van der Waals surface area contributed by atoms with E-state index in [1.807, 2.05) is 27.7 Å². The molecule has 0 aliphatic rings. The molecular weight excluding hydrogens is 412 g/mol. The molecule has 2 rings (SSSR count). The van der Waals surface area contributed by atoms with Gasteiger partial charge in [0.25, 0.3) is 5.56 Å². The number of aliphatic hydroxyl groups excluding tert-OH is 1. The molecule has 0 aliphatic carbocycles. The Kier molecular flexibility index (Phi) is 7.65. The Morgan fingerprint density at radius 3 is 2.25 bits per heavy atom. The Balaban J connectivity index is 2.54. The summed E-state index contributed by atoms with van der Waals surface area (Å²) < 4.78 is 7.71. The molecule has 0 unspecified atom stereocenters. The smallest absolute Gasteiger partial charge is 0.332 e. The fraction of sp³-hybridized carbons (Fsp3) is 0.696. The maximum atomic E-state index is 12.8. The van der Waals surface area contributed by atoms with Gasteiger partial charge in [-0.3, -0.25) is 18.7 Å². The van der Waals surface area contributed by atoms with Gasteiger partial charge in [0.2, 0.25) is 0 Å². The Hall–Kier alpha value is -2.55. The molecule has 0 saturated carbocycles. The maximum absolute atomic E-state index is 12.8. The zero-order valence-corrected chi connectivity index (χ0v) is 20.5. The van der Waals surface area contributed by atoms with E-state index < -0.39 is 11.2 Å². The van der Waals surface area contributed by atoms with Gasteiger partial charge in [-0.25, -0.2) is 14.8 Å². The number of nitrogens with zero attached hydrogens (tertiary/aromatic N) is 4. The van der Waals surface area contributed by atoms with E-state index in [-0.39, 0.29) is 40.5 Å². The van der Waals surface area contributed by atoms with Crippen molar-refractivity contribution in [2.75, 3.05) is 6.61 Å². The fourth-order valence-electron chi connectivity index (χ4n) is 4.30. The summed E-state index contributed by atoms with van der Waals surface area (Å²) in [5.74, 6) is -0.159. The average molecular weight is 449 g/mol. The Morgan fingerprint density at radius 2 is 1.72 bits per heavy atom. The summed E-state index contributed by atoms with van der Waals surface area (Å²) in [6, 6.07) is 0. The van der Waals surface area contributed by atoms with E-state index in [1.54, 1.807) is 0 Å². The molecule has 0 radical (unpaired) electrons. The topological polar surface area (TPSA) is 116 Å². The van der Waals surface area contributed by atoms with Crippen molar-refractivity contribution in [1.82, 2.24) is 19.1 Å². The molecule has 1 N–H and O–H groups in total. The zero-order chi connectivity index (χ0) is 24.4. The van der Waals surface area contributed by atoms with Gasteiger partial charge in [0.1, 0.15) is 0 Å². The third-order valence-corrected chi connectivity index (χ3v) is 5.28. The summed E-state index contributed by atoms with van der Waals surface area (Å²) in [7, 11) is 1.43. The lowest BCUT2D eigenvalue weighted by Gasteiger charge is -2.34. The molecule has 0 fully saturated rings. The van der Waals surface area contributed by atoms with Gasteiger partial charge in [-0.15, -0.1) is 0 Å². The molecule has 0 saturated heterocycles. The molecule has 9 nitrogen and oxygen atoms in total. The SMILES string of the molecule is CC(=O)OCC(C)(C)CC(C)(C)Cc1nc2c(=O)n(C)c(=O)n(CC(C)C)c2nc1CO. The molecule has 178 valence electrons. The first-order chi connectivity index (χ1) is 14.7. The van der Waals surface area contributed by atoms with Crippen molar-refractivity contribution in [2.24, 2.45) is 23.8 Å². The molecule has 32 heavy (non-hydrogen) atoms. The number of fused-ring (bicyclic) bond motifs is 1. The number of carbonyl (C=O) groups is 1. The largest absolute Gasteiger partial charge is 0.465 e. The quantitative estimate of drug-likeness (QED) is 0.585. The monoisotopic (exact) mass is 448 g/mol. The lowest BCUT2D eigenvalue weighted by atomic mass is 9.73. The van der Waals surface area contributed by atoms with Crippen LogP contribution in [0.3, 0.4) is 0 Å². The van der Waals surface area contributed by atoms with Crippen molar-refractivity contribution in [3.63, 3.8) is 0 Å². The molecule has 0 bridgehead atoms. The Labute approximate surface area is 188 Å². The predicted octanol–water partition coefficient (Wildman–Crippen LogP) is 2.19. The number of hydrogen-bond acceptors (Lipinski definition) is 7. The van der Waals surface area contributed by atoms with Gasteiger partial charge in [0.15, 0.2) is 11.2 Å². The highest BCUT2D eigenvalue weighted by atomic mass is 16.5. The number of ether oxygens (including phenoxy) is 1. The number of aromatic nitrogens is 4. The second kappa shape index (κ2) is 9.52. The first kappa shape index (κ1) is 25.7. The number of esters is 1. The molecule has 9 heteroatoms.